The molecule has 0 unspecified atom stereocenters. The number of nitrogens with two attached hydrogens (primary N) is 1. The van der Waals surface area contributed by atoms with Crippen molar-refractivity contribution in [1.29, 1.82) is 5.26 Å². The number of hydrogen-bond acceptors (Lipinski definition) is 4. The molecule has 0 saturated heterocycles. The highest BCUT2D eigenvalue weighted by molar-refractivity contribution is 5.64. The molecule has 1 heterocycles. The van der Waals surface area contributed by atoms with E-state index in [0.29, 0.717) is 12.1 Å². The lowest BCUT2D eigenvalue weighted by molar-refractivity contribution is 0.337. The van der Waals surface area contributed by atoms with Crippen molar-refractivity contribution in [3.63, 3.8) is 0 Å². The molecular weight excluding hydrogens is 238 g/mol. The third kappa shape index (κ3) is 3.19. The fourth-order valence-corrected chi connectivity index (χ4v) is 2.01. The summed E-state index contributed by atoms with van der Waals surface area (Å²) in [5.74, 6) is 0. The summed E-state index contributed by atoms with van der Waals surface area (Å²) in [6.45, 7) is 2.25. The molecule has 1 aromatic carbocycles. The lowest BCUT2D eigenvalue weighted by Crippen LogP contribution is -2.25. The summed E-state index contributed by atoms with van der Waals surface area (Å²) in [7, 11) is 2.02. The zero-order valence-corrected chi connectivity index (χ0v) is 10.9. The van der Waals surface area contributed by atoms with Crippen molar-refractivity contribution in [3.8, 4) is 17.3 Å². The topological polar surface area (TPSA) is 81.7 Å². The van der Waals surface area contributed by atoms with Gasteiger partial charge in [-0.15, -0.1) is 0 Å². The minimum absolute atomic E-state index is 0.633. The number of nitrogens with one attached hydrogen (secondary N) is 1. The molecule has 0 atom stereocenters. The molecule has 0 aliphatic carbocycles. The molecule has 98 valence electrons. The predicted molar refractivity (Wildman–Crippen MR) is 74.1 cm³/mol. The first kappa shape index (κ1) is 13.3. The Balaban J connectivity index is 2.26. The fraction of sp³-hybridized carbons (Fsp3) is 0.286. The lowest BCUT2D eigenvalue weighted by atomic mass is 10.1. The normalized spacial score (nSPS) is 10.6. The van der Waals surface area contributed by atoms with Crippen LogP contribution in [0.5, 0.6) is 0 Å². The van der Waals surface area contributed by atoms with Crippen LogP contribution in [0.2, 0.25) is 0 Å². The SMILES string of the molecule is CN(CCN)Cc1c[nH]nc1-c1cccc(C#N)c1. The molecule has 1 aromatic heterocycles. The summed E-state index contributed by atoms with van der Waals surface area (Å²) in [6.07, 6.45) is 1.89. The molecule has 0 fully saturated rings. The Hall–Kier alpha value is -2.16. The molecule has 2 rings (SSSR count). The standard InChI is InChI=1S/C14H17N5/c1-19(6-5-15)10-13-9-17-18-14(13)12-4-2-3-11(7-12)8-16/h2-4,7,9H,5-6,10,15H2,1H3,(H,17,18). The van der Waals surface area contributed by atoms with E-state index in [1.165, 1.54) is 0 Å². The molecule has 5 heteroatoms. The molecular formula is C14H17N5. The van der Waals surface area contributed by atoms with Gasteiger partial charge >= 0.3 is 0 Å². The Kier molecular flexibility index (Phi) is 4.29. The van der Waals surface area contributed by atoms with Gasteiger partial charge in [-0.05, 0) is 19.2 Å². The highest BCUT2D eigenvalue weighted by Crippen LogP contribution is 2.22. The van der Waals surface area contributed by atoms with Crippen LogP contribution in [-0.4, -0.2) is 35.2 Å². The second-order valence-electron chi connectivity index (χ2n) is 4.48. The smallest absolute Gasteiger partial charge is 0.0991 e. The molecule has 0 amide bonds. The fourth-order valence-electron chi connectivity index (χ4n) is 2.01. The van der Waals surface area contributed by atoms with Gasteiger partial charge in [0.1, 0.15) is 0 Å². The first-order valence-electron chi connectivity index (χ1n) is 6.16. The number of aromatic nitrogens is 2. The number of hydrogen-bond donors (Lipinski definition) is 2. The summed E-state index contributed by atoms with van der Waals surface area (Å²) in [5, 5.41) is 16.1. The maximum absolute atomic E-state index is 8.94. The van der Waals surface area contributed by atoms with Crippen molar-refractivity contribution in [2.24, 2.45) is 5.73 Å². The number of nitrogens with zero attached hydrogens (tertiary/aromatic N) is 3. The summed E-state index contributed by atoms with van der Waals surface area (Å²) < 4.78 is 0. The Bertz CT molecular complexity index is 582. The number of benzene rings is 1. The van der Waals surface area contributed by atoms with E-state index in [2.05, 4.69) is 21.2 Å². The van der Waals surface area contributed by atoms with Crippen LogP contribution >= 0.6 is 0 Å². The van der Waals surface area contributed by atoms with E-state index in [9.17, 15) is 0 Å². The molecule has 3 N–H and O–H groups in total. The number of likely N-dealkylation sites (N-methyl/N-ethyl adjacent to an activating group) is 1. The van der Waals surface area contributed by atoms with Gasteiger partial charge in [0.2, 0.25) is 0 Å². The van der Waals surface area contributed by atoms with Gasteiger partial charge in [0.25, 0.3) is 0 Å². The lowest BCUT2D eigenvalue weighted by Gasteiger charge is -2.15. The number of aromatic amines is 1. The van der Waals surface area contributed by atoms with Crippen LogP contribution in [0.1, 0.15) is 11.1 Å². The average molecular weight is 255 g/mol. The molecule has 0 saturated carbocycles. The van der Waals surface area contributed by atoms with E-state index >= 15 is 0 Å². The number of H-pyrrole nitrogens is 1. The second kappa shape index (κ2) is 6.14. The largest absolute Gasteiger partial charge is 0.329 e. The molecule has 19 heavy (non-hydrogen) atoms. The molecule has 0 aliphatic heterocycles. The predicted octanol–water partition coefficient (Wildman–Crippen LogP) is 1.34. The zero-order valence-electron chi connectivity index (χ0n) is 10.9. The molecule has 0 aliphatic rings. The average Bonchev–Trinajstić information content (AvgIpc) is 2.87. The first-order valence-corrected chi connectivity index (χ1v) is 6.16. The van der Waals surface area contributed by atoms with Crippen LogP contribution in [0.3, 0.4) is 0 Å². The van der Waals surface area contributed by atoms with Gasteiger partial charge in [0, 0.05) is 37.0 Å². The molecule has 0 spiro atoms. The van der Waals surface area contributed by atoms with Crippen molar-refractivity contribution in [2.45, 2.75) is 6.54 Å². The van der Waals surface area contributed by atoms with Gasteiger partial charge in [0.05, 0.1) is 17.3 Å². The van der Waals surface area contributed by atoms with Gasteiger partial charge in [0.15, 0.2) is 0 Å². The Morgan fingerprint density at radius 1 is 1.47 bits per heavy atom. The minimum Gasteiger partial charge on any atom is -0.329 e. The van der Waals surface area contributed by atoms with Gasteiger partial charge < -0.3 is 10.6 Å². The highest BCUT2D eigenvalue weighted by Gasteiger charge is 2.10. The van der Waals surface area contributed by atoms with Crippen molar-refractivity contribution in [2.75, 3.05) is 20.1 Å². The van der Waals surface area contributed by atoms with E-state index in [0.717, 1.165) is 29.9 Å². The maximum Gasteiger partial charge on any atom is 0.0991 e. The monoisotopic (exact) mass is 255 g/mol. The van der Waals surface area contributed by atoms with E-state index in [4.69, 9.17) is 11.0 Å². The van der Waals surface area contributed by atoms with Gasteiger partial charge in [-0.3, -0.25) is 5.10 Å². The van der Waals surface area contributed by atoms with E-state index in [-0.39, 0.29) is 0 Å². The quantitative estimate of drug-likeness (QED) is 0.844. The van der Waals surface area contributed by atoms with E-state index in [1.54, 1.807) is 6.07 Å². The van der Waals surface area contributed by atoms with Crippen molar-refractivity contribution in [1.82, 2.24) is 15.1 Å². The van der Waals surface area contributed by atoms with Crippen LogP contribution in [0.25, 0.3) is 11.3 Å². The minimum atomic E-state index is 0.633. The van der Waals surface area contributed by atoms with Crippen molar-refractivity contribution >= 4 is 0 Å². The molecule has 2 aromatic rings. The summed E-state index contributed by atoms with van der Waals surface area (Å²) in [4.78, 5) is 2.14. The van der Waals surface area contributed by atoms with Crippen LogP contribution in [-0.2, 0) is 6.54 Å². The van der Waals surface area contributed by atoms with Crippen LogP contribution in [0.4, 0.5) is 0 Å². The Morgan fingerprint density at radius 2 is 2.32 bits per heavy atom. The van der Waals surface area contributed by atoms with Crippen LogP contribution < -0.4 is 5.73 Å². The van der Waals surface area contributed by atoms with Gasteiger partial charge in [-0.25, -0.2) is 0 Å². The van der Waals surface area contributed by atoms with Gasteiger partial charge in [-0.2, -0.15) is 10.4 Å². The molecule has 0 bridgehead atoms. The van der Waals surface area contributed by atoms with Crippen molar-refractivity contribution in [3.05, 3.63) is 41.6 Å². The van der Waals surface area contributed by atoms with E-state index in [1.807, 2.05) is 31.4 Å². The zero-order chi connectivity index (χ0) is 13.7. The molecule has 5 nitrogen and oxygen atoms in total. The van der Waals surface area contributed by atoms with Crippen LogP contribution in [0.15, 0.2) is 30.5 Å². The van der Waals surface area contributed by atoms with Crippen molar-refractivity contribution < 1.29 is 0 Å². The number of nitriles is 1. The summed E-state index contributed by atoms with van der Waals surface area (Å²) in [6, 6.07) is 9.62. The second-order valence-corrected chi connectivity index (χ2v) is 4.48. The maximum atomic E-state index is 8.94. The Labute approximate surface area is 112 Å². The molecule has 0 radical (unpaired) electrons. The summed E-state index contributed by atoms with van der Waals surface area (Å²) >= 11 is 0. The third-order valence-corrected chi connectivity index (χ3v) is 2.94. The van der Waals surface area contributed by atoms with Crippen LogP contribution in [0, 0.1) is 11.3 Å². The number of rotatable bonds is 5. The summed E-state index contributed by atoms with van der Waals surface area (Å²) in [5.41, 5.74) is 9.13. The third-order valence-electron chi connectivity index (χ3n) is 2.94. The highest BCUT2D eigenvalue weighted by atomic mass is 15.1. The van der Waals surface area contributed by atoms with E-state index < -0.39 is 0 Å². The van der Waals surface area contributed by atoms with Gasteiger partial charge in [-0.1, -0.05) is 12.1 Å². The Morgan fingerprint density at radius 3 is 3.05 bits per heavy atom. The first-order chi connectivity index (χ1) is 9.24.